The summed E-state index contributed by atoms with van der Waals surface area (Å²) in [5, 5.41) is 3.09. The summed E-state index contributed by atoms with van der Waals surface area (Å²) < 4.78 is 0. The van der Waals surface area contributed by atoms with Crippen molar-refractivity contribution in [2.45, 2.75) is 58.0 Å². The number of nitrogens with zero attached hydrogens (tertiary/aromatic N) is 1. The molecule has 1 unspecified atom stereocenters. The van der Waals surface area contributed by atoms with Gasteiger partial charge in [-0.3, -0.25) is 9.69 Å². The predicted octanol–water partition coefficient (Wildman–Crippen LogP) is 3.19. The minimum atomic E-state index is 0.0743. The van der Waals surface area contributed by atoms with Crippen molar-refractivity contribution in [3.05, 3.63) is 34.9 Å². The quantitative estimate of drug-likeness (QED) is 0.925. The van der Waals surface area contributed by atoms with Crippen molar-refractivity contribution < 1.29 is 4.79 Å². The fourth-order valence-corrected chi connectivity index (χ4v) is 3.74. The van der Waals surface area contributed by atoms with Gasteiger partial charge in [-0.25, -0.2) is 0 Å². The van der Waals surface area contributed by atoms with E-state index in [0.717, 1.165) is 19.4 Å². The zero-order valence-electron chi connectivity index (χ0n) is 13.0. The molecular formula is C18H26N2O. The van der Waals surface area contributed by atoms with Crippen LogP contribution in [0.5, 0.6) is 0 Å². The molecule has 0 aromatic heterocycles. The molecule has 1 saturated heterocycles. The van der Waals surface area contributed by atoms with Gasteiger partial charge in [0.2, 0.25) is 5.91 Å². The number of piperidine rings is 1. The summed E-state index contributed by atoms with van der Waals surface area (Å²) in [6.45, 7) is 5.17. The van der Waals surface area contributed by atoms with E-state index in [2.05, 4.69) is 28.4 Å². The lowest BCUT2D eigenvalue weighted by atomic mass is 9.86. The maximum atomic E-state index is 11.3. The number of amides is 1. The summed E-state index contributed by atoms with van der Waals surface area (Å²) in [4.78, 5) is 13.9. The van der Waals surface area contributed by atoms with E-state index < -0.39 is 0 Å². The van der Waals surface area contributed by atoms with E-state index in [-0.39, 0.29) is 11.9 Å². The van der Waals surface area contributed by atoms with Crippen LogP contribution in [0.3, 0.4) is 0 Å². The highest BCUT2D eigenvalue weighted by Crippen LogP contribution is 2.30. The first-order valence-electron chi connectivity index (χ1n) is 8.33. The summed E-state index contributed by atoms with van der Waals surface area (Å²) in [5.41, 5.74) is 4.20. The van der Waals surface area contributed by atoms with Crippen molar-refractivity contribution in [2.75, 3.05) is 13.1 Å². The standard InChI is InChI=1S/C18H26N2O/c1-14(21)19-18-7-5-6-16-12-15(8-9-17(16)18)13-20-10-3-2-4-11-20/h8-9,12,18H,2-7,10-11,13H2,1H3,(H,19,21). The minimum absolute atomic E-state index is 0.0743. The maximum absolute atomic E-state index is 11.3. The van der Waals surface area contributed by atoms with Gasteiger partial charge in [0.25, 0.3) is 0 Å². The van der Waals surface area contributed by atoms with Gasteiger partial charge in [-0.2, -0.15) is 0 Å². The molecule has 0 radical (unpaired) electrons. The second-order valence-corrected chi connectivity index (χ2v) is 6.52. The molecule has 2 aliphatic rings. The molecule has 1 aliphatic heterocycles. The first-order valence-corrected chi connectivity index (χ1v) is 8.33. The SMILES string of the molecule is CC(=O)NC1CCCc2cc(CN3CCCCC3)ccc21. The summed E-state index contributed by atoms with van der Waals surface area (Å²) in [7, 11) is 0. The normalized spacial score (nSPS) is 22.6. The number of carbonyl (C=O) groups excluding carboxylic acids is 1. The maximum Gasteiger partial charge on any atom is 0.217 e. The molecule has 114 valence electrons. The van der Waals surface area contributed by atoms with Crippen LogP contribution in [0.25, 0.3) is 0 Å². The first-order chi connectivity index (χ1) is 10.2. The molecule has 21 heavy (non-hydrogen) atoms. The molecule has 0 bridgehead atoms. The topological polar surface area (TPSA) is 32.3 Å². The van der Waals surface area contributed by atoms with E-state index in [0.29, 0.717) is 0 Å². The molecule has 0 saturated carbocycles. The average Bonchev–Trinajstić information content (AvgIpc) is 2.48. The van der Waals surface area contributed by atoms with Gasteiger partial charge in [0, 0.05) is 13.5 Å². The van der Waals surface area contributed by atoms with Crippen molar-refractivity contribution in [3.63, 3.8) is 0 Å². The van der Waals surface area contributed by atoms with Crippen LogP contribution in [0, 0.1) is 0 Å². The Morgan fingerprint density at radius 3 is 2.81 bits per heavy atom. The molecule has 1 aliphatic carbocycles. The van der Waals surface area contributed by atoms with Crippen LogP contribution in [-0.2, 0) is 17.8 Å². The number of nitrogens with one attached hydrogen (secondary N) is 1. The summed E-state index contributed by atoms with van der Waals surface area (Å²) in [5.74, 6) is 0.0743. The Morgan fingerprint density at radius 1 is 1.24 bits per heavy atom. The van der Waals surface area contributed by atoms with Crippen LogP contribution in [0.2, 0.25) is 0 Å². The van der Waals surface area contributed by atoms with Gasteiger partial charge in [-0.15, -0.1) is 0 Å². The number of carbonyl (C=O) groups is 1. The Morgan fingerprint density at radius 2 is 2.05 bits per heavy atom. The lowest BCUT2D eigenvalue weighted by Gasteiger charge is -2.29. The Bertz CT molecular complexity index is 506. The van der Waals surface area contributed by atoms with Crippen molar-refractivity contribution in [3.8, 4) is 0 Å². The highest BCUT2D eigenvalue weighted by atomic mass is 16.1. The molecule has 1 fully saturated rings. The van der Waals surface area contributed by atoms with Crippen molar-refractivity contribution >= 4 is 5.91 Å². The number of likely N-dealkylation sites (tertiary alicyclic amines) is 1. The smallest absolute Gasteiger partial charge is 0.217 e. The Kier molecular flexibility index (Phi) is 4.59. The van der Waals surface area contributed by atoms with Crippen molar-refractivity contribution in [2.24, 2.45) is 0 Å². The van der Waals surface area contributed by atoms with Gasteiger partial charge >= 0.3 is 0 Å². The lowest BCUT2D eigenvalue weighted by molar-refractivity contribution is -0.119. The zero-order chi connectivity index (χ0) is 14.7. The number of fused-ring (bicyclic) bond motifs is 1. The number of rotatable bonds is 3. The average molecular weight is 286 g/mol. The number of hydrogen-bond acceptors (Lipinski definition) is 2. The van der Waals surface area contributed by atoms with Gasteiger partial charge in [0.05, 0.1) is 6.04 Å². The third kappa shape index (κ3) is 3.65. The highest BCUT2D eigenvalue weighted by molar-refractivity contribution is 5.73. The van der Waals surface area contributed by atoms with Crippen LogP contribution < -0.4 is 5.32 Å². The molecule has 1 amide bonds. The van der Waals surface area contributed by atoms with Gasteiger partial charge in [0.1, 0.15) is 0 Å². The fourth-order valence-electron chi connectivity index (χ4n) is 3.74. The molecule has 3 heteroatoms. The van der Waals surface area contributed by atoms with Gasteiger partial charge in [-0.1, -0.05) is 24.6 Å². The molecule has 3 nitrogen and oxygen atoms in total. The summed E-state index contributed by atoms with van der Waals surface area (Å²) >= 11 is 0. The van der Waals surface area contributed by atoms with E-state index in [1.807, 2.05) is 0 Å². The van der Waals surface area contributed by atoms with Crippen molar-refractivity contribution in [1.82, 2.24) is 10.2 Å². The molecule has 1 heterocycles. The van der Waals surface area contributed by atoms with Crippen LogP contribution in [-0.4, -0.2) is 23.9 Å². The van der Waals surface area contributed by atoms with E-state index in [1.54, 1.807) is 6.92 Å². The molecular weight excluding hydrogens is 260 g/mol. The molecule has 1 aromatic carbocycles. The number of aryl methyl sites for hydroxylation is 1. The fraction of sp³-hybridized carbons (Fsp3) is 0.611. The Labute approximate surface area is 127 Å². The summed E-state index contributed by atoms with van der Waals surface area (Å²) in [6.07, 6.45) is 7.46. The van der Waals surface area contributed by atoms with Gasteiger partial charge in [-0.05, 0) is 61.9 Å². The Hall–Kier alpha value is -1.35. The lowest BCUT2D eigenvalue weighted by Crippen LogP contribution is -2.30. The van der Waals surface area contributed by atoms with E-state index in [1.165, 1.54) is 55.5 Å². The van der Waals surface area contributed by atoms with Gasteiger partial charge < -0.3 is 5.32 Å². The monoisotopic (exact) mass is 286 g/mol. The summed E-state index contributed by atoms with van der Waals surface area (Å²) in [6, 6.07) is 7.09. The molecule has 1 atom stereocenters. The molecule has 0 spiro atoms. The molecule has 3 rings (SSSR count). The van der Waals surface area contributed by atoms with Gasteiger partial charge in [0.15, 0.2) is 0 Å². The Balaban J connectivity index is 1.72. The van der Waals surface area contributed by atoms with Crippen LogP contribution in [0.15, 0.2) is 18.2 Å². The van der Waals surface area contributed by atoms with Crippen LogP contribution in [0.4, 0.5) is 0 Å². The predicted molar refractivity (Wildman–Crippen MR) is 85.1 cm³/mol. The minimum Gasteiger partial charge on any atom is -0.350 e. The highest BCUT2D eigenvalue weighted by Gasteiger charge is 2.21. The van der Waals surface area contributed by atoms with E-state index >= 15 is 0 Å². The molecule has 1 N–H and O–H groups in total. The third-order valence-electron chi connectivity index (χ3n) is 4.75. The third-order valence-corrected chi connectivity index (χ3v) is 4.75. The second-order valence-electron chi connectivity index (χ2n) is 6.52. The van der Waals surface area contributed by atoms with Crippen LogP contribution in [0.1, 0.15) is 61.8 Å². The van der Waals surface area contributed by atoms with Crippen LogP contribution >= 0.6 is 0 Å². The second kappa shape index (κ2) is 6.61. The largest absolute Gasteiger partial charge is 0.350 e. The van der Waals surface area contributed by atoms with Crippen molar-refractivity contribution in [1.29, 1.82) is 0 Å². The van der Waals surface area contributed by atoms with E-state index in [4.69, 9.17) is 0 Å². The molecule has 1 aromatic rings. The zero-order valence-corrected chi connectivity index (χ0v) is 13.0. The first kappa shape index (κ1) is 14.6. The number of hydrogen-bond donors (Lipinski definition) is 1. The van der Waals surface area contributed by atoms with E-state index in [9.17, 15) is 4.79 Å². The number of benzene rings is 1.